The third-order valence-corrected chi connectivity index (χ3v) is 5.10. The Labute approximate surface area is 174 Å². The number of benzene rings is 2. The second kappa shape index (κ2) is 9.79. The molecule has 2 aromatic carbocycles. The molecule has 0 aliphatic carbocycles. The number of nitrogens with zero attached hydrogens (tertiary/aromatic N) is 1. The van der Waals surface area contributed by atoms with E-state index in [2.05, 4.69) is 15.6 Å². The smallest absolute Gasteiger partial charge is 0.173 e. The first-order valence-corrected chi connectivity index (χ1v) is 9.98. The van der Waals surface area contributed by atoms with Crippen molar-refractivity contribution >= 4 is 29.0 Å². The van der Waals surface area contributed by atoms with Crippen LogP contribution >= 0.6 is 11.8 Å². The summed E-state index contributed by atoms with van der Waals surface area (Å²) in [5.74, 6) is 1.76. The van der Waals surface area contributed by atoms with Gasteiger partial charge >= 0.3 is 0 Å². The second-order valence-electron chi connectivity index (χ2n) is 6.04. The number of hydrogen-bond acceptors (Lipinski definition) is 8. The Morgan fingerprint density at radius 1 is 1.24 bits per heavy atom. The number of aliphatic hydroxyl groups is 1. The minimum absolute atomic E-state index is 0.0793. The fraction of sp³-hybridized carbons (Fsp3) is 0.190. The number of nitrogens with two attached hydrogens (primary N) is 1. The Kier molecular flexibility index (Phi) is 6.91. The van der Waals surface area contributed by atoms with Gasteiger partial charge in [-0.1, -0.05) is 23.9 Å². The van der Waals surface area contributed by atoms with E-state index < -0.39 is 0 Å². The molecule has 0 aromatic heterocycles. The summed E-state index contributed by atoms with van der Waals surface area (Å²) in [4.78, 5) is 4.93. The van der Waals surface area contributed by atoms with Crippen molar-refractivity contribution in [3.63, 3.8) is 0 Å². The molecule has 1 aliphatic heterocycles. The van der Waals surface area contributed by atoms with Gasteiger partial charge in [0.15, 0.2) is 5.50 Å². The minimum Gasteiger partial charge on any atom is -0.506 e. The van der Waals surface area contributed by atoms with Crippen molar-refractivity contribution in [1.29, 1.82) is 0 Å². The summed E-state index contributed by atoms with van der Waals surface area (Å²) in [6.07, 6.45) is 3.35. The molecule has 1 aliphatic rings. The highest BCUT2D eigenvalue weighted by molar-refractivity contribution is 8.05. The molecule has 1 unspecified atom stereocenters. The standard InChI is InChI=1S/C21H24N4O3S/c1-3-23-11-12-28-16-9-7-15(8-10-16)24-21-25-20(22)19(29-21)18(26)14-5-4-6-17(13-14)27-2/h4-13,21,23-24,26H,3H2,1-2H3,(H2,22,25)/b12-11+,19-18?. The molecule has 152 valence electrons. The monoisotopic (exact) mass is 412 g/mol. The molecule has 2 aromatic rings. The van der Waals surface area contributed by atoms with E-state index in [9.17, 15) is 5.11 Å². The van der Waals surface area contributed by atoms with Crippen molar-refractivity contribution < 1.29 is 14.6 Å². The first kappa shape index (κ1) is 20.5. The van der Waals surface area contributed by atoms with E-state index in [4.69, 9.17) is 15.2 Å². The highest BCUT2D eigenvalue weighted by atomic mass is 32.2. The number of amidine groups is 1. The van der Waals surface area contributed by atoms with Gasteiger partial charge in [0.1, 0.15) is 29.4 Å². The number of ether oxygens (including phenoxy) is 2. The average molecular weight is 413 g/mol. The van der Waals surface area contributed by atoms with Crippen LogP contribution in [0.3, 0.4) is 0 Å². The zero-order valence-electron chi connectivity index (χ0n) is 16.3. The van der Waals surface area contributed by atoms with Gasteiger partial charge in [-0.2, -0.15) is 0 Å². The number of hydrogen-bond donors (Lipinski definition) is 4. The molecular formula is C21H24N4O3S. The summed E-state index contributed by atoms with van der Waals surface area (Å²) in [5, 5.41) is 16.9. The number of aliphatic hydroxyl groups excluding tert-OH is 1. The molecule has 29 heavy (non-hydrogen) atoms. The molecule has 0 saturated carbocycles. The van der Waals surface area contributed by atoms with Crippen LogP contribution in [0.4, 0.5) is 5.69 Å². The van der Waals surface area contributed by atoms with Crippen LogP contribution in [0.1, 0.15) is 12.5 Å². The SMILES string of the molecule is CCN/C=C/Oc1ccc(NC2N=C(N)C(=C(O)c3cccc(OC)c3)S2)cc1. The lowest BCUT2D eigenvalue weighted by Gasteiger charge is -2.11. The third-order valence-electron chi connectivity index (χ3n) is 4.02. The fourth-order valence-electron chi connectivity index (χ4n) is 2.57. The fourth-order valence-corrected chi connectivity index (χ4v) is 3.56. The molecule has 0 fully saturated rings. The van der Waals surface area contributed by atoms with Crippen LogP contribution in [-0.4, -0.2) is 30.1 Å². The molecule has 0 radical (unpaired) electrons. The largest absolute Gasteiger partial charge is 0.506 e. The van der Waals surface area contributed by atoms with Crippen LogP contribution in [-0.2, 0) is 0 Å². The normalized spacial score (nSPS) is 17.7. The number of anilines is 1. The summed E-state index contributed by atoms with van der Waals surface area (Å²) in [7, 11) is 1.58. The molecule has 5 N–H and O–H groups in total. The van der Waals surface area contributed by atoms with E-state index in [1.165, 1.54) is 11.8 Å². The molecule has 0 bridgehead atoms. The first-order valence-electron chi connectivity index (χ1n) is 9.10. The summed E-state index contributed by atoms with van der Waals surface area (Å²) in [6.45, 7) is 2.85. The highest BCUT2D eigenvalue weighted by Crippen LogP contribution is 2.36. The number of thioether (sulfide) groups is 1. The van der Waals surface area contributed by atoms with Crippen LogP contribution in [0.15, 0.2) is 70.9 Å². The van der Waals surface area contributed by atoms with E-state index in [1.54, 1.807) is 31.7 Å². The van der Waals surface area contributed by atoms with Crippen LogP contribution in [0.25, 0.3) is 5.76 Å². The molecule has 0 spiro atoms. The third kappa shape index (κ3) is 5.39. The Morgan fingerprint density at radius 3 is 2.76 bits per heavy atom. The second-order valence-corrected chi connectivity index (χ2v) is 7.13. The Hall–Kier alpha value is -3.26. The van der Waals surface area contributed by atoms with Gasteiger partial charge in [-0.25, -0.2) is 4.99 Å². The topological polar surface area (TPSA) is 101 Å². The van der Waals surface area contributed by atoms with Crippen LogP contribution in [0.2, 0.25) is 0 Å². The maximum Gasteiger partial charge on any atom is 0.173 e. The predicted octanol–water partition coefficient (Wildman–Crippen LogP) is 3.88. The van der Waals surface area contributed by atoms with Gasteiger partial charge in [-0.3, -0.25) is 0 Å². The van der Waals surface area contributed by atoms with Gasteiger partial charge in [0.05, 0.1) is 12.0 Å². The number of methoxy groups -OCH3 is 1. The Morgan fingerprint density at radius 2 is 2.03 bits per heavy atom. The van der Waals surface area contributed by atoms with Gasteiger partial charge in [0.25, 0.3) is 0 Å². The maximum atomic E-state index is 10.6. The highest BCUT2D eigenvalue weighted by Gasteiger charge is 2.25. The van der Waals surface area contributed by atoms with Crippen LogP contribution in [0.5, 0.6) is 11.5 Å². The van der Waals surface area contributed by atoms with Gasteiger partial charge < -0.3 is 30.9 Å². The van der Waals surface area contributed by atoms with Crippen molar-refractivity contribution in [2.75, 3.05) is 19.0 Å². The molecule has 3 rings (SSSR count). The van der Waals surface area contributed by atoms with Gasteiger partial charge in [-0.15, -0.1) is 0 Å². The van der Waals surface area contributed by atoms with Crippen molar-refractivity contribution in [2.45, 2.75) is 12.4 Å². The van der Waals surface area contributed by atoms with Crippen LogP contribution < -0.4 is 25.8 Å². The average Bonchev–Trinajstić information content (AvgIpc) is 3.11. The van der Waals surface area contributed by atoms with Gasteiger partial charge in [0, 0.05) is 24.0 Å². The first-order chi connectivity index (χ1) is 14.1. The summed E-state index contributed by atoms with van der Waals surface area (Å²) >= 11 is 1.35. The Balaban J connectivity index is 1.65. The summed E-state index contributed by atoms with van der Waals surface area (Å²) in [6, 6.07) is 14.7. The molecule has 1 atom stereocenters. The molecule has 1 heterocycles. The van der Waals surface area contributed by atoms with E-state index in [-0.39, 0.29) is 11.3 Å². The number of nitrogens with one attached hydrogen (secondary N) is 2. The summed E-state index contributed by atoms with van der Waals surface area (Å²) < 4.78 is 10.7. The minimum atomic E-state index is -0.335. The van der Waals surface area contributed by atoms with Crippen molar-refractivity contribution in [1.82, 2.24) is 5.32 Å². The lowest BCUT2D eigenvalue weighted by molar-refractivity contribution is 0.414. The van der Waals surface area contributed by atoms with E-state index >= 15 is 0 Å². The van der Waals surface area contributed by atoms with Crippen molar-refractivity contribution in [3.8, 4) is 11.5 Å². The van der Waals surface area contributed by atoms with Gasteiger partial charge in [0.2, 0.25) is 0 Å². The summed E-state index contributed by atoms with van der Waals surface area (Å²) in [5.41, 5.74) is 7.19. The van der Waals surface area contributed by atoms with E-state index in [0.29, 0.717) is 22.1 Å². The maximum absolute atomic E-state index is 10.6. The lowest BCUT2D eigenvalue weighted by atomic mass is 10.1. The van der Waals surface area contributed by atoms with Crippen LogP contribution in [0, 0.1) is 0 Å². The Bertz CT molecular complexity index is 926. The predicted molar refractivity (Wildman–Crippen MR) is 119 cm³/mol. The van der Waals surface area contributed by atoms with E-state index in [0.717, 1.165) is 18.0 Å². The van der Waals surface area contributed by atoms with Crippen molar-refractivity contribution in [2.24, 2.45) is 10.7 Å². The lowest BCUT2D eigenvalue weighted by Crippen LogP contribution is -2.12. The molecule has 8 heteroatoms. The number of rotatable bonds is 8. The molecule has 0 amide bonds. The quantitative estimate of drug-likeness (QED) is 0.488. The van der Waals surface area contributed by atoms with E-state index in [1.807, 2.05) is 43.3 Å². The van der Waals surface area contributed by atoms with Gasteiger partial charge in [-0.05, 0) is 43.3 Å². The molecule has 7 nitrogen and oxygen atoms in total. The molecule has 0 saturated heterocycles. The zero-order valence-corrected chi connectivity index (χ0v) is 17.1. The number of aliphatic imine (C=N–C) groups is 1. The van der Waals surface area contributed by atoms with Crippen molar-refractivity contribution in [3.05, 3.63) is 71.5 Å². The zero-order chi connectivity index (χ0) is 20.6. The molecular weight excluding hydrogens is 388 g/mol.